The van der Waals surface area contributed by atoms with E-state index in [0.717, 1.165) is 19.3 Å². The van der Waals surface area contributed by atoms with Gasteiger partial charge in [0.25, 0.3) is 0 Å². The molecule has 102 valence electrons. The van der Waals surface area contributed by atoms with Crippen molar-refractivity contribution in [2.45, 2.75) is 45.6 Å². The molecular weight excluding hydrogens is 232 g/mol. The number of urea groups is 1. The summed E-state index contributed by atoms with van der Waals surface area (Å²) in [7, 11) is 0. The molecule has 0 aromatic carbocycles. The number of nitrogens with one attached hydrogen (secondary N) is 1. The molecule has 1 aliphatic carbocycles. The second-order valence-electron chi connectivity index (χ2n) is 6.16. The fourth-order valence-corrected chi connectivity index (χ4v) is 2.75. The van der Waals surface area contributed by atoms with Crippen molar-refractivity contribution in [2.24, 2.45) is 11.3 Å². The Hall–Kier alpha value is -1.26. The summed E-state index contributed by atoms with van der Waals surface area (Å²) in [5, 5.41) is 11.8. The third-order valence-corrected chi connectivity index (χ3v) is 4.27. The van der Waals surface area contributed by atoms with Gasteiger partial charge in [0.2, 0.25) is 0 Å². The lowest BCUT2D eigenvalue weighted by Gasteiger charge is -2.24. The van der Waals surface area contributed by atoms with Crippen LogP contribution in [0.4, 0.5) is 4.79 Å². The first-order valence-corrected chi connectivity index (χ1v) is 6.66. The summed E-state index contributed by atoms with van der Waals surface area (Å²) in [6, 6.07) is -0.226. The van der Waals surface area contributed by atoms with Crippen molar-refractivity contribution in [3.05, 3.63) is 0 Å². The molecule has 2 atom stereocenters. The molecule has 18 heavy (non-hydrogen) atoms. The standard InChI is InChI=1S/C13H22N2O3/c1-13(2)7-9(13)8-14-12(18)15-5-3-4-10(15)6-11(16)17/h9-10H,3-8H2,1-2H3,(H,14,18)(H,16,17). The minimum Gasteiger partial charge on any atom is -0.481 e. The van der Waals surface area contributed by atoms with E-state index in [0.29, 0.717) is 24.4 Å². The predicted molar refractivity (Wildman–Crippen MR) is 67.3 cm³/mol. The average molecular weight is 254 g/mol. The molecule has 1 saturated carbocycles. The van der Waals surface area contributed by atoms with Gasteiger partial charge in [-0.25, -0.2) is 4.79 Å². The Balaban J connectivity index is 1.79. The van der Waals surface area contributed by atoms with E-state index in [1.165, 1.54) is 0 Å². The van der Waals surface area contributed by atoms with E-state index >= 15 is 0 Å². The van der Waals surface area contributed by atoms with Crippen LogP contribution in [0.25, 0.3) is 0 Å². The monoisotopic (exact) mass is 254 g/mol. The molecule has 0 bridgehead atoms. The normalized spacial score (nSPS) is 29.1. The highest BCUT2D eigenvalue weighted by Crippen LogP contribution is 2.50. The Labute approximate surface area is 108 Å². The van der Waals surface area contributed by atoms with Crippen LogP contribution in [0.1, 0.15) is 39.5 Å². The first-order valence-electron chi connectivity index (χ1n) is 6.66. The number of amides is 2. The molecule has 1 saturated heterocycles. The highest BCUT2D eigenvalue weighted by Gasteiger charge is 2.45. The lowest BCUT2D eigenvalue weighted by atomic mass is 10.1. The number of carbonyl (C=O) groups is 2. The lowest BCUT2D eigenvalue weighted by molar-refractivity contribution is -0.137. The van der Waals surface area contributed by atoms with Crippen LogP contribution in [0.3, 0.4) is 0 Å². The fraction of sp³-hybridized carbons (Fsp3) is 0.846. The van der Waals surface area contributed by atoms with E-state index in [4.69, 9.17) is 5.11 Å². The Morgan fingerprint density at radius 1 is 1.44 bits per heavy atom. The van der Waals surface area contributed by atoms with Crippen LogP contribution in [0.2, 0.25) is 0 Å². The molecule has 2 unspecified atom stereocenters. The van der Waals surface area contributed by atoms with E-state index in [2.05, 4.69) is 19.2 Å². The quantitative estimate of drug-likeness (QED) is 0.802. The van der Waals surface area contributed by atoms with Crippen LogP contribution in [0.15, 0.2) is 0 Å². The number of carbonyl (C=O) groups excluding carboxylic acids is 1. The summed E-state index contributed by atoms with van der Waals surface area (Å²) < 4.78 is 0. The Kier molecular flexibility index (Phi) is 3.50. The molecule has 2 aliphatic rings. The van der Waals surface area contributed by atoms with Gasteiger partial charge >= 0.3 is 12.0 Å². The number of carboxylic acids is 1. The maximum Gasteiger partial charge on any atom is 0.317 e. The summed E-state index contributed by atoms with van der Waals surface area (Å²) >= 11 is 0. The Morgan fingerprint density at radius 3 is 2.67 bits per heavy atom. The first kappa shape index (κ1) is 13.2. The number of carboxylic acid groups (broad SMARTS) is 1. The van der Waals surface area contributed by atoms with Crippen molar-refractivity contribution in [3.8, 4) is 0 Å². The van der Waals surface area contributed by atoms with Crippen LogP contribution in [-0.2, 0) is 4.79 Å². The Morgan fingerprint density at radius 2 is 2.11 bits per heavy atom. The topological polar surface area (TPSA) is 69.6 Å². The number of rotatable bonds is 4. The molecule has 1 heterocycles. The highest BCUT2D eigenvalue weighted by molar-refractivity contribution is 5.76. The lowest BCUT2D eigenvalue weighted by Crippen LogP contribution is -2.44. The smallest absolute Gasteiger partial charge is 0.317 e. The molecule has 0 aromatic heterocycles. The zero-order chi connectivity index (χ0) is 13.3. The Bertz CT molecular complexity index is 354. The molecule has 0 aromatic rings. The number of nitrogens with zero attached hydrogens (tertiary/aromatic N) is 1. The third kappa shape index (κ3) is 2.94. The third-order valence-electron chi connectivity index (χ3n) is 4.27. The van der Waals surface area contributed by atoms with Gasteiger partial charge in [-0.3, -0.25) is 4.79 Å². The highest BCUT2D eigenvalue weighted by atomic mass is 16.4. The van der Waals surface area contributed by atoms with E-state index < -0.39 is 5.97 Å². The number of hydrogen-bond acceptors (Lipinski definition) is 2. The molecular formula is C13H22N2O3. The van der Waals surface area contributed by atoms with Crippen molar-refractivity contribution >= 4 is 12.0 Å². The number of aliphatic carboxylic acids is 1. The van der Waals surface area contributed by atoms with Crippen molar-refractivity contribution in [3.63, 3.8) is 0 Å². The van der Waals surface area contributed by atoms with Crippen molar-refractivity contribution < 1.29 is 14.7 Å². The number of hydrogen-bond donors (Lipinski definition) is 2. The first-order chi connectivity index (χ1) is 8.40. The van der Waals surface area contributed by atoms with Gasteiger partial charge in [-0.2, -0.15) is 0 Å². The second-order valence-corrected chi connectivity index (χ2v) is 6.16. The SMILES string of the molecule is CC1(C)CC1CNC(=O)N1CCCC1CC(=O)O. The zero-order valence-electron chi connectivity index (χ0n) is 11.1. The van der Waals surface area contributed by atoms with Crippen molar-refractivity contribution in [1.29, 1.82) is 0 Å². The molecule has 0 radical (unpaired) electrons. The molecule has 1 aliphatic heterocycles. The summed E-state index contributed by atoms with van der Waals surface area (Å²) in [6.45, 7) is 5.79. The molecule has 5 heteroatoms. The van der Waals surface area contributed by atoms with Gasteiger partial charge in [-0.05, 0) is 30.6 Å². The minimum atomic E-state index is -0.831. The second kappa shape index (κ2) is 4.78. The maximum atomic E-state index is 12.0. The molecule has 2 rings (SSSR count). The van der Waals surface area contributed by atoms with Crippen LogP contribution in [-0.4, -0.2) is 41.1 Å². The van der Waals surface area contributed by atoms with E-state index in [-0.39, 0.29) is 18.5 Å². The van der Waals surface area contributed by atoms with Gasteiger partial charge in [0.15, 0.2) is 0 Å². The van der Waals surface area contributed by atoms with Crippen LogP contribution >= 0.6 is 0 Å². The average Bonchev–Trinajstić information content (AvgIpc) is 2.69. The van der Waals surface area contributed by atoms with Gasteiger partial charge in [0.1, 0.15) is 0 Å². The predicted octanol–water partition coefficient (Wildman–Crippen LogP) is 1.68. The van der Waals surface area contributed by atoms with Crippen LogP contribution in [0.5, 0.6) is 0 Å². The molecule has 2 N–H and O–H groups in total. The molecule has 5 nitrogen and oxygen atoms in total. The molecule has 2 amide bonds. The van der Waals surface area contributed by atoms with Crippen molar-refractivity contribution in [2.75, 3.05) is 13.1 Å². The maximum absolute atomic E-state index is 12.0. The van der Waals surface area contributed by atoms with E-state index in [9.17, 15) is 9.59 Å². The van der Waals surface area contributed by atoms with Gasteiger partial charge in [0, 0.05) is 19.1 Å². The fourth-order valence-electron chi connectivity index (χ4n) is 2.75. The van der Waals surface area contributed by atoms with Gasteiger partial charge in [0.05, 0.1) is 6.42 Å². The van der Waals surface area contributed by atoms with Gasteiger partial charge in [-0.15, -0.1) is 0 Å². The summed E-state index contributed by atoms with van der Waals surface area (Å²) in [6.07, 6.45) is 2.92. The van der Waals surface area contributed by atoms with E-state index in [1.807, 2.05) is 0 Å². The molecule has 0 spiro atoms. The summed E-state index contributed by atoms with van der Waals surface area (Å²) in [5.41, 5.74) is 0.360. The van der Waals surface area contributed by atoms with Crippen LogP contribution < -0.4 is 5.32 Å². The van der Waals surface area contributed by atoms with Gasteiger partial charge in [-0.1, -0.05) is 13.8 Å². The van der Waals surface area contributed by atoms with Crippen molar-refractivity contribution in [1.82, 2.24) is 10.2 Å². The largest absolute Gasteiger partial charge is 0.481 e. The number of likely N-dealkylation sites (tertiary alicyclic amines) is 1. The molecule has 2 fully saturated rings. The summed E-state index contributed by atoms with van der Waals surface area (Å²) in [4.78, 5) is 24.4. The van der Waals surface area contributed by atoms with Crippen LogP contribution in [0, 0.1) is 11.3 Å². The summed E-state index contributed by atoms with van der Waals surface area (Å²) in [5.74, 6) is -0.259. The van der Waals surface area contributed by atoms with Gasteiger partial charge < -0.3 is 15.3 Å². The minimum absolute atomic E-state index is 0.0579. The van der Waals surface area contributed by atoms with E-state index in [1.54, 1.807) is 4.90 Å². The zero-order valence-corrected chi connectivity index (χ0v) is 11.1.